The third-order valence-electron chi connectivity index (χ3n) is 4.67. The van der Waals surface area contributed by atoms with E-state index in [0.717, 1.165) is 0 Å². The van der Waals surface area contributed by atoms with Gasteiger partial charge in [0.15, 0.2) is 0 Å². The van der Waals surface area contributed by atoms with Gasteiger partial charge in [-0.15, -0.1) is 0 Å². The lowest BCUT2D eigenvalue weighted by Gasteiger charge is -2.31. The molecular formula is C22H32N6O5. The first kappa shape index (κ1) is 25.6. The number of carboxylic acid groups (broad SMARTS) is 1. The molecule has 0 aromatic carbocycles. The van der Waals surface area contributed by atoms with E-state index in [2.05, 4.69) is 20.6 Å². The molecule has 33 heavy (non-hydrogen) atoms. The van der Waals surface area contributed by atoms with Crippen molar-refractivity contribution in [2.45, 2.75) is 52.6 Å². The SMILES string of the molecule is CC(C)CN(C(=O)c1cnc(C(C)(C)C)nc1NCc1ccco1)[C@@H](CNC(=O)O)C(N)=O. The second-order valence-electron chi connectivity index (χ2n) is 9.09. The Kier molecular flexibility index (Phi) is 8.38. The van der Waals surface area contributed by atoms with Crippen LogP contribution in [0.25, 0.3) is 0 Å². The molecule has 0 unspecified atom stereocenters. The second kappa shape index (κ2) is 10.8. The monoisotopic (exact) mass is 460 g/mol. The molecule has 5 N–H and O–H groups in total. The van der Waals surface area contributed by atoms with Crippen molar-refractivity contribution in [2.75, 3.05) is 18.4 Å². The van der Waals surface area contributed by atoms with Gasteiger partial charge in [-0.25, -0.2) is 14.8 Å². The standard InChI is InChI=1S/C22H32N6O5/c1-13(2)12-28(16(17(23)29)11-26-21(31)32)19(30)15-10-25-20(22(3,4)5)27-18(15)24-9-14-7-6-8-33-14/h6-8,10,13,16,26H,9,11-12H2,1-5H3,(H2,23,29)(H,31,32)(H,24,25,27)/t16-/m0/s1. The molecule has 0 aliphatic rings. The number of furan rings is 1. The molecule has 11 heteroatoms. The smallest absolute Gasteiger partial charge is 0.404 e. The molecule has 0 spiro atoms. The van der Waals surface area contributed by atoms with E-state index < -0.39 is 23.9 Å². The predicted molar refractivity (Wildman–Crippen MR) is 122 cm³/mol. The van der Waals surface area contributed by atoms with E-state index in [-0.39, 0.29) is 42.3 Å². The molecule has 2 aromatic heterocycles. The molecule has 11 nitrogen and oxygen atoms in total. The van der Waals surface area contributed by atoms with Gasteiger partial charge in [0.05, 0.1) is 19.4 Å². The Hall–Kier alpha value is -3.63. The van der Waals surface area contributed by atoms with Crippen molar-refractivity contribution in [1.29, 1.82) is 0 Å². The van der Waals surface area contributed by atoms with Crippen LogP contribution in [0.4, 0.5) is 10.6 Å². The fourth-order valence-electron chi connectivity index (χ4n) is 3.07. The first-order chi connectivity index (χ1) is 15.4. The fraction of sp³-hybridized carbons (Fsp3) is 0.500. The normalized spacial score (nSPS) is 12.3. The third kappa shape index (κ3) is 7.19. The average Bonchev–Trinajstić information content (AvgIpc) is 3.23. The molecule has 180 valence electrons. The van der Waals surface area contributed by atoms with E-state index in [9.17, 15) is 14.4 Å². The summed E-state index contributed by atoms with van der Waals surface area (Å²) in [6.07, 6.45) is 1.63. The highest BCUT2D eigenvalue weighted by Crippen LogP contribution is 2.24. The van der Waals surface area contributed by atoms with Gasteiger partial charge in [0.1, 0.15) is 29.0 Å². The molecule has 1 atom stereocenters. The lowest BCUT2D eigenvalue weighted by molar-refractivity contribution is -0.122. The number of carbonyl (C=O) groups is 3. The Balaban J connectivity index is 2.47. The molecular weight excluding hydrogens is 428 g/mol. The molecule has 2 rings (SSSR count). The minimum Gasteiger partial charge on any atom is -0.467 e. The van der Waals surface area contributed by atoms with E-state index in [1.165, 1.54) is 11.1 Å². The zero-order valence-corrected chi connectivity index (χ0v) is 19.6. The summed E-state index contributed by atoms with van der Waals surface area (Å²) in [5.74, 6) is 0.0611. The number of amides is 3. The van der Waals surface area contributed by atoms with Gasteiger partial charge in [-0.3, -0.25) is 9.59 Å². The van der Waals surface area contributed by atoms with Crippen molar-refractivity contribution in [2.24, 2.45) is 11.7 Å². The van der Waals surface area contributed by atoms with Gasteiger partial charge in [0.25, 0.3) is 5.91 Å². The van der Waals surface area contributed by atoms with Crippen LogP contribution in [0.15, 0.2) is 29.0 Å². The van der Waals surface area contributed by atoms with E-state index in [4.69, 9.17) is 15.3 Å². The highest BCUT2D eigenvalue weighted by Gasteiger charge is 2.32. The summed E-state index contributed by atoms with van der Waals surface area (Å²) in [4.78, 5) is 47.0. The largest absolute Gasteiger partial charge is 0.467 e. The molecule has 3 amide bonds. The lowest BCUT2D eigenvalue weighted by atomic mass is 9.95. The van der Waals surface area contributed by atoms with Crippen LogP contribution in [-0.2, 0) is 16.8 Å². The summed E-state index contributed by atoms with van der Waals surface area (Å²) in [6, 6.07) is 2.35. The molecule has 0 radical (unpaired) electrons. The molecule has 0 fully saturated rings. The summed E-state index contributed by atoms with van der Waals surface area (Å²) in [7, 11) is 0. The minimum atomic E-state index is -1.32. The number of carbonyl (C=O) groups excluding carboxylic acids is 2. The summed E-state index contributed by atoms with van der Waals surface area (Å²) in [6.45, 7) is 9.71. The summed E-state index contributed by atoms with van der Waals surface area (Å²) < 4.78 is 5.35. The number of hydrogen-bond donors (Lipinski definition) is 4. The summed E-state index contributed by atoms with van der Waals surface area (Å²) in [5.41, 5.74) is 5.29. The van der Waals surface area contributed by atoms with Gasteiger partial charge in [-0.2, -0.15) is 0 Å². The van der Waals surface area contributed by atoms with Crippen molar-refractivity contribution in [3.05, 3.63) is 41.7 Å². The van der Waals surface area contributed by atoms with E-state index in [1.807, 2.05) is 34.6 Å². The van der Waals surface area contributed by atoms with Crippen molar-refractivity contribution < 1.29 is 23.9 Å². The Morgan fingerprint density at radius 1 is 1.27 bits per heavy atom. The van der Waals surface area contributed by atoms with E-state index in [1.54, 1.807) is 18.4 Å². The third-order valence-corrected chi connectivity index (χ3v) is 4.67. The quantitative estimate of drug-likeness (QED) is 0.419. The van der Waals surface area contributed by atoms with Crippen LogP contribution in [0.1, 0.15) is 56.6 Å². The van der Waals surface area contributed by atoms with E-state index in [0.29, 0.717) is 11.6 Å². The number of aromatic nitrogens is 2. The van der Waals surface area contributed by atoms with Crippen molar-refractivity contribution >= 4 is 23.7 Å². The molecule has 0 aliphatic heterocycles. The molecule has 0 saturated carbocycles. The maximum Gasteiger partial charge on any atom is 0.404 e. The highest BCUT2D eigenvalue weighted by molar-refractivity contribution is 6.01. The van der Waals surface area contributed by atoms with Gasteiger partial charge in [-0.05, 0) is 18.1 Å². The topological polar surface area (TPSA) is 164 Å². The van der Waals surface area contributed by atoms with Crippen LogP contribution in [0.3, 0.4) is 0 Å². The van der Waals surface area contributed by atoms with Gasteiger partial charge in [0, 0.05) is 18.2 Å². The van der Waals surface area contributed by atoms with Gasteiger partial charge < -0.3 is 30.8 Å². The Bertz CT molecular complexity index is 968. The van der Waals surface area contributed by atoms with Crippen LogP contribution in [0.2, 0.25) is 0 Å². The fourth-order valence-corrected chi connectivity index (χ4v) is 3.07. The number of rotatable bonds is 10. The van der Waals surface area contributed by atoms with Gasteiger partial charge in [0.2, 0.25) is 5.91 Å². The summed E-state index contributed by atoms with van der Waals surface area (Å²) in [5, 5.41) is 14.2. The summed E-state index contributed by atoms with van der Waals surface area (Å²) >= 11 is 0. The average molecular weight is 461 g/mol. The molecule has 0 bridgehead atoms. The zero-order valence-electron chi connectivity index (χ0n) is 19.6. The predicted octanol–water partition coefficient (Wildman–Crippen LogP) is 2.20. The minimum absolute atomic E-state index is 0.0186. The van der Waals surface area contributed by atoms with Gasteiger partial charge >= 0.3 is 6.09 Å². The number of nitrogens with one attached hydrogen (secondary N) is 2. The van der Waals surface area contributed by atoms with Crippen molar-refractivity contribution in [3.8, 4) is 0 Å². The number of hydrogen-bond acceptors (Lipinski definition) is 7. The van der Waals surface area contributed by atoms with Crippen LogP contribution < -0.4 is 16.4 Å². The first-order valence-corrected chi connectivity index (χ1v) is 10.6. The Labute approximate surface area is 192 Å². The van der Waals surface area contributed by atoms with Crippen LogP contribution in [-0.4, -0.2) is 57.0 Å². The molecule has 0 aliphatic carbocycles. The Morgan fingerprint density at radius 3 is 2.48 bits per heavy atom. The molecule has 2 aromatic rings. The molecule has 2 heterocycles. The van der Waals surface area contributed by atoms with Crippen molar-refractivity contribution in [3.63, 3.8) is 0 Å². The maximum absolute atomic E-state index is 13.6. The highest BCUT2D eigenvalue weighted by atomic mass is 16.4. The number of nitrogens with zero attached hydrogens (tertiary/aromatic N) is 3. The van der Waals surface area contributed by atoms with Crippen LogP contribution in [0.5, 0.6) is 0 Å². The Morgan fingerprint density at radius 2 is 1.97 bits per heavy atom. The number of anilines is 1. The second-order valence-corrected chi connectivity index (χ2v) is 9.09. The number of primary amides is 1. The van der Waals surface area contributed by atoms with Gasteiger partial charge in [-0.1, -0.05) is 34.6 Å². The molecule has 0 saturated heterocycles. The van der Waals surface area contributed by atoms with Crippen LogP contribution >= 0.6 is 0 Å². The van der Waals surface area contributed by atoms with E-state index >= 15 is 0 Å². The number of nitrogens with two attached hydrogens (primary N) is 1. The first-order valence-electron chi connectivity index (χ1n) is 10.6. The van der Waals surface area contributed by atoms with Crippen molar-refractivity contribution in [1.82, 2.24) is 20.2 Å². The maximum atomic E-state index is 13.6. The lowest BCUT2D eigenvalue weighted by Crippen LogP contribution is -2.54. The van der Waals surface area contributed by atoms with Crippen LogP contribution in [0, 0.1) is 5.92 Å². The zero-order chi connectivity index (χ0) is 24.8.